The van der Waals surface area contributed by atoms with Gasteiger partial charge in [-0.15, -0.1) is 0 Å². The van der Waals surface area contributed by atoms with Crippen LogP contribution in [0.1, 0.15) is 5.69 Å². The predicted octanol–water partition coefficient (Wildman–Crippen LogP) is 1.73. The molecular formula is C10H9EuNO. The van der Waals surface area contributed by atoms with Crippen molar-refractivity contribution in [2.24, 2.45) is 0 Å². The Balaban J connectivity index is 0.000000845. The second kappa shape index (κ2) is 5.15. The third-order valence-electron chi connectivity index (χ3n) is 1.82. The summed E-state index contributed by atoms with van der Waals surface area (Å²) < 4.78 is 0. The van der Waals surface area contributed by atoms with Gasteiger partial charge in [-0.2, -0.15) is 0 Å². The maximum absolute atomic E-state index is 8.83. The summed E-state index contributed by atoms with van der Waals surface area (Å²) in [5.74, 6) is 0. The third kappa shape index (κ3) is 2.56. The summed E-state index contributed by atoms with van der Waals surface area (Å²) in [6.45, 7) is 0.00480. The van der Waals surface area contributed by atoms with Crippen LogP contribution < -0.4 is 0 Å². The number of aliphatic hydroxyl groups is 1. The van der Waals surface area contributed by atoms with Gasteiger partial charge in [0.2, 0.25) is 0 Å². The zero-order valence-electron chi connectivity index (χ0n) is 6.94. The summed E-state index contributed by atoms with van der Waals surface area (Å²) in [6, 6.07) is 11.7. The van der Waals surface area contributed by atoms with Gasteiger partial charge < -0.3 is 5.11 Å². The van der Waals surface area contributed by atoms with Gasteiger partial charge in [-0.1, -0.05) is 24.3 Å². The van der Waals surface area contributed by atoms with Gasteiger partial charge in [0.15, 0.2) is 0 Å². The average molecular weight is 311 g/mol. The molecule has 1 heterocycles. The van der Waals surface area contributed by atoms with Crippen LogP contribution >= 0.6 is 0 Å². The normalized spacial score (nSPS) is 9.62. The molecule has 0 fully saturated rings. The molecule has 0 aliphatic heterocycles. The molecule has 1 N–H and O–H groups in total. The molecule has 0 bridgehead atoms. The molecule has 2 aromatic rings. The summed E-state index contributed by atoms with van der Waals surface area (Å²) in [6.07, 6.45) is 0. The molecule has 0 saturated carbocycles. The first-order chi connectivity index (χ1) is 5.90. The molecule has 0 saturated heterocycles. The number of pyridine rings is 1. The quantitative estimate of drug-likeness (QED) is 0.870. The van der Waals surface area contributed by atoms with Crippen LogP contribution in [0.15, 0.2) is 36.4 Å². The van der Waals surface area contributed by atoms with E-state index in [1.807, 2.05) is 36.4 Å². The fourth-order valence-electron chi connectivity index (χ4n) is 1.20. The van der Waals surface area contributed by atoms with E-state index in [0.717, 1.165) is 10.9 Å². The van der Waals surface area contributed by atoms with Crippen LogP contribution in [0.4, 0.5) is 0 Å². The van der Waals surface area contributed by atoms with Crippen LogP contribution in [-0.4, -0.2) is 10.1 Å². The summed E-state index contributed by atoms with van der Waals surface area (Å²) in [7, 11) is 0. The minimum atomic E-state index is 0. The zero-order valence-corrected chi connectivity index (χ0v) is 9.37. The van der Waals surface area contributed by atoms with Crippen LogP contribution in [0, 0.1) is 49.4 Å². The minimum absolute atomic E-state index is 0. The molecule has 0 amide bonds. The molecule has 3 heteroatoms. The molecule has 13 heavy (non-hydrogen) atoms. The van der Waals surface area contributed by atoms with E-state index in [1.165, 1.54) is 0 Å². The van der Waals surface area contributed by atoms with Crippen molar-refractivity contribution in [3.63, 3.8) is 0 Å². The number of rotatable bonds is 1. The van der Waals surface area contributed by atoms with Crippen LogP contribution in [0.25, 0.3) is 10.9 Å². The Morgan fingerprint density at radius 3 is 2.62 bits per heavy atom. The van der Waals surface area contributed by atoms with Crippen molar-refractivity contribution in [1.82, 2.24) is 4.98 Å². The fraction of sp³-hybridized carbons (Fsp3) is 0.100. The smallest absolute Gasteiger partial charge is 0.0853 e. The van der Waals surface area contributed by atoms with Crippen molar-refractivity contribution < 1.29 is 54.5 Å². The largest absolute Gasteiger partial charge is 0.390 e. The van der Waals surface area contributed by atoms with Gasteiger partial charge in [0, 0.05) is 54.8 Å². The van der Waals surface area contributed by atoms with Crippen molar-refractivity contribution >= 4 is 10.9 Å². The maximum atomic E-state index is 8.83. The van der Waals surface area contributed by atoms with E-state index in [9.17, 15) is 0 Å². The molecule has 0 unspecified atom stereocenters. The molecule has 2 nitrogen and oxygen atoms in total. The molecule has 1 radical (unpaired) electrons. The Morgan fingerprint density at radius 2 is 1.85 bits per heavy atom. The minimum Gasteiger partial charge on any atom is -0.390 e. The number of nitrogens with zero attached hydrogens (tertiary/aromatic N) is 1. The molecular weight excluding hydrogens is 302 g/mol. The topological polar surface area (TPSA) is 33.1 Å². The summed E-state index contributed by atoms with van der Waals surface area (Å²) in [5, 5.41) is 9.94. The first kappa shape index (κ1) is 11.3. The Morgan fingerprint density at radius 1 is 1.08 bits per heavy atom. The van der Waals surface area contributed by atoms with E-state index in [4.69, 9.17) is 5.11 Å². The molecule has 67 valence electrons. The molecule has 2 rings (SSSR count). The second-order valence-corrected chi connectivity index (χ2v) is 2.65. The number of fused-ring (bicyclic) bond motifs is 1. The van der Waals surface area contributed by atoms with Crippen molar-refractivity contribution in [2.75, 3.05) is 0 Å². The van der Waals surface area contributed by atoms with Gasteiger partial charge in [-0.25, -0.2) is 0 Å². The van der Waals surface area contributed by atoms with Crippen LogP contribution in [0.2, 0.25) is 0 Å². The molecule has 0 aliphatic carbocycles. The van der Waals surface area contributed by atoms with Gasteiger partial charge in [0.1, 0.15) is 0 Å². The van der Waals surface area contributed by atoms with Gasteiger partial charge in [-0.05, 0) is 12.1 Å². The van der Waals surface area contributed by atoms with E-state index in [1.54, 1.807) is 0 Å². The molecule has 0 spiro atoms. The van der Waals surface area contributed by atoms with Crippen molar-refractivity contribution in [1.29, 1.82) is 0 Å². The number of aliphatic hydroxyl groups excluding tert-OH is 1. The Hall–Kier alpha value is 0.174. The number of aromatic nitrogens is 1. The van der Waals surface area contributed by atoms with Crippen LogP contribution in [-0.2, 0) is 6.61 Å². The van der Waals surface area contributed by atoms with E-state index in [0.29, 0.717) is 5.69 Å². The second-order valence-electron chi connectivity index (χ2n) is 2.65. The van der Waals surface area contributed by atoms with Gasteiger partial charge >= 0.3 is 0 Å². The van der Waals surface area contributed by atoms with Gasteiger partial charge in [-0.3, -0.25) is 4.98 Å². The number of hydrogen-bond acceptors (Lipinski definition) is 2. The molecule has 0 aliphatic rings. The van der Waals surface area contributed by atoms with Crippen molar-refractivity contribution in [2.45, 2.75) is 6.61 Å². The molecule has 1 aromatic heterocycles. The fourth-order valence-corrected chi connectivity index (χ4v) is 1.20. The standard InChI is InChI=1S/C10H9NO.Eu/c12-7-9-6-5-8-3-1-2-4-10(8)11-9;/h1-6,12H,7H2;. The SMILES string of the molecule is OCc1ccc2ccccc2n1.[Eu]. The number of hydrogen-bond donors (Lipinski definition) is 1. The van der Waals surface area contributed by atoms with Crippen molar-refractivity contribution in [3.05, 3.63) is 42.1 Å². The number of benzene rings is 1. The average Bonchev–Trinajstić information content (AvgIpc) is 2.17. The van der Waals surface area contributed by atoms with Gasteiger partial charge in [0.25, 0.3) is 0 Å². The molecule has 1 aromatic carbocycles. The van der Waals surface area contributed by atoms with E-state index in [2.05, 4.69) is 4.98 Å². The third-order valence-corrected chi connectivity index (χ3v) is 1.82. The maximum Gasteiger partial charge on any atom is 0.0853 e. The zero-order chi connectivity index (χ0) is 8.39. The summed E-state index contributed by atoms with van der Waals surface area (Å²) >= 11 is 0. The van der Waals surface area contributed by atoms with E-state index in [-0.39, 0.29) is 56.0 Å². The Labute approximate surface area is 118 Å². The van der Waals surface area contributed by atoms with Crippen LogP contribution in [0.5, 0.6) is 0 Å². The monoisotopic (exact) mass is 312 g/mol. The van der Waals surface area contributed by atoms with E-state index >= 15 is 0 Å². The van der Waals surface area contributed by atoms with Crippen LogP contribution in [0.3, 0.4) is 0 Å². The van der Waals surface area contributed by atoms with Gasteiger partial charge in [0.05, 0.1) is 17.8 Å². The summed E-state index contributed by atoms with van der Waals surface area (Å²) in [4.78, 5) is 4.24. The summed E-state index contributed by atoms with van der Waals surface area (Å²) in [5.41, 5.74) is 1.65. The van der Waals surface area contributed by atoms with Crippen molar-refractivity contribution in [3.8, 4) is 0 Å². The Kier molecular flexibility index (Phi) is 4.46. The Bertz CT molecular complexity index is 403. The number of para-hydroxylation sites is 1. The first-order valence-corrected chi connectivity index (χ1v) is 3.86. The first-order valence-electron chi connectivity index (χ1n) is 3.86. The van der Waals surface area contributed by atoms with E-state index < -0.39 is 0 Å². The molecule has 0 atom stereocenters. The predicted molar refractivity (Wildman–Crippen MR) is 47.7 cm³/mol.